The van der Waals surface area contributed by atoms with Gasteiger partial charge in [-0.3, -0.25) is 0 Å². The third-order valence-corrected chi connectivity index (χ3v) is 2.95. The van der Waals surface area contributed by atoms with E-state index < -0.39 is 0 Å². The molecular weight excluding hydrogens is 188 g/mol. The maximum absolute atomic E-state index is 9.28. The first-order valence-corrected chi connectivity index (χ1v) is 5.09. The maximum Gasteiger partial charge on any atom is 0.0658 e. The molecule has 0 saturated carbocycles. The summed E-state index contributed by atoms with van der Waals surface area (Å²) in [5.74, 6) is 0. The second kappa shape index (κ2) is 4.11. The number of aryl methyl sites for hydroxylation is 1. The first-order chi connectivity index (χ1) is 6.88. The second-order valence-electron chi connectivity index (χ2n) is 4.57. The van der Waals surface area contributed by atoms with Crippen LogP contribution in [0.3, 0.4) is 0 Å². The number of anilines is 2. The Bertz CT molecular complexity index is 347. The summed E-state index contributed by atoms with van der Waals surface area (Å²) < 4.78 is 0. The van der Waals surface area contributed by atoms with Gasteiger partial charge in [-0.25, -0.2) is 0 Å². The Balaban J connectivity index is 3.02. The molecule has 0 amide bonds. The molecule has 0 heterocycles. The quantitative estimate of drug-likeness (QED) is 0.744. The minimum atomic E-state index is -0.276. The van der Waals surface area contributed by atoms with Crippen molar-refractivity contribution in [2.75, 3.05) is 24.3 Å². The Hall–Kier alpha value is -1.22. The van der Waals surface area contributed by atoms with E-state index in [0.717, 1.165) is 16.9 Å². The average molecular weight is 208 g/mol. The lowest BCUT2D eigenvalue weighted by molar-refractivity contribution is 0.216. The lowest BCUT2D eigenvalue weighted by Gasteiger charge is -2.36. The van der Waals surface area contributed by atoms with Crippen molar-refractivity contribution >= 4 is 11.4 Å². The average Bonchev–Trinajstić information content (AvgIpc) is 2.21. The third kappa shape index (κ3) is 2.42. The van der Waals surface area contributed by atoms with Crippen LogP contribution in [0.15, 0.2) is 18.2 Å². The van der Waals surface area contributed by atoms with E-state index in [0.29, 0.717) is 0 Å². The highest BCUT2D eigenvalue weighted by atomic mass is 16.3. The van der Waals surface area contributed by atoms with Crippen molar-refractivity contribution in [1.82, 2.24) is 0 Å². The van der Waals surface area contributed by atoms with Crippen molar-refractivity contribution in [2.45, 2.75) is 26.3 Å². The standard InChI is InChI=1S/C12H20N2O/c1-9-5-6-10(7-11(9)13)14(4)12(2,3)8-15/h5-7,15H,8,13H2,1-4H3. The fraction of sp³-hybridized carbons (Fsp3) is 0.500. The van der Waals surface area contributed by atoms with Gasteiger partial charge in [-0.15, -0.1) is 0 Å². The van der Waals surface area contributed by atoms with E-state index in [9.17, 15) is 5.11 Å². The number of nitrogens with two attached hydrogens (primary N) is 1. The summed E-state index contributed by atoms with van der Waals surface area (Å²) in [6.45, 7) is 6.07. The van der Waals surface area contributed by atoms with Gasteiger partial charge in [0.1, 0.15) is 0 Å². The summed E-state index contributed by atoms with van der Waals surface area (Å²) in [4.78, 5) is 2.03. The molecule has 0 bridgehead atoms. The van der Waals surface area contributed by atoms with Crippen molar-refractivity contribution in [1.29, 1.82) is 0 Å². The summed E-state index contributed by atoms with van der Waals surface area (Å²) in [5.41, 5.74) is 8.47. The Morgan fingerprint density at radius 1 is 1.40 bits per heavy atom. The van der Waals surface area contributed by atoms with Crippen LogP contribution >= 0.6 is 0 Å². The van der Waals surface area contributed by atoms with Crippen molar-refractivity contribution in [3.63, 3.8) is 0 Å². The number of hydrogen-bond donors (Lipinski definition) is 2. The van der Waals surface area contributed by atoms with Gasteiger partial charge in [0.05, 0.1) is 12.1 Å². The van der Waals surface area contributed by atoms with Crippen LogP contribution in [0, 0.1) is 6.92 Å². The highest BCUT2D eigenvalue weighted by Gasteiger charge is 2.22. The Labute approximate surface area is 91.5 Å². The number of nitrogen functional groups attached to an aromatic ring is 1. The van der Waals surface area contributed by atoms with Crippen molar-refractivity contribution < 1.29 is 5.11 Å². The molecular formula is C12H20N2O. The van der Waals surface area contributed by atoms with Crippen LogP contribution in [-0.2, 0) is 0 Å². The molecule has 0 unspecified atom stereocenters. The van der Waals surface area contributed by atoms with Gasteiger partial charge in [-0.2, -0.15) is 0 Å². The molecule has 0 saturated heterocycles. The molecule has 0 spiro atoms. The van der Waals surface area contributed by atoms with Crippen molar-refractivity contribution in [3.05, 3.63) is 23.8 Å². The second-order valence-corrected chi connectivity index (χ2v) is 4.57. The number of likely N-dealkylation sites (N-methyl/N-ethyl adjacent to an activating group) is 1. The highest BCUT2D eigenvalue weighted by Crippen LogP contribution is 2.25. The Morgan fingerprint density at radius 3 is 2.47 bits per heavy atom. The molecule has 1 aromatic rings. The zero-order chi connectivity index (χ0) is 11.6. The fourth-order valence-corrected chi connectivity index (χ4v) is 1.29. The minimum absolute atomic E-state index is 0.108. The normalized spacial score (nSPS) is 11.5. The monoisotopic (exact) mass is 208 g/mol. The molecule has 1 aromatic carbocycles. The summed E-state index contributed by atoms with van der Waals surface area (Å²) >= 11 is 0. The van der Waals surface area contributed by atoms with Crippen LogP contribution in [0.4, 0.5) is 11.4 Å². The van der Waals surface area contributed by atoms with Gasteiger partial charge in [-0.05, 0) is 38.5 Å². The van der Waals surface area contributed by atoms with E-state index in [1.807, 2.05) is 50.9 Å². The third-order valence-electron chi connectivity index (χ3n) is 2.95. The smallest absolute Gasteiger partial charge is 0.0658 e. The molecule has 0 atom stereocenters. The van der Waals surface area contributed by atoms with E-state index >= 15 is 0 Å². The van der Waals surface area contributed by atoms with E-state index in [4.69, 9.17) is 5.73 Å². The summed E-state index contributed by atoms with van der Waals surface area (Å²) in [6, 6.07) is 5.95. The predicted molar refractivity (Wildman–Crippen MR) is 65.2 cm³/mol. The zero-order valence-corrected chi connectivity index (χ0v) is 9.91. The molecule has 0 aliphatic heterocycles. The Morgan fingerprint density at radius 2 is 2.00 bits per heavy atom. The molecule has 15 heavy (non-hydrogen) atoms. The van der Waals surface area contributed by atoms with Crippen LogP contribution < -0.4 is 10.6 Å². The van der Waals surface area contributed by atoms with Crippen molar-refractivity contribution in [2.24, 2.45) is 0 Å². The summed E-state index contributed by atoms with van der Waals surface area (Å²) in [5, 5.41) is 9.28. The minimum Gasteiger partial charge on any atom is -0.398 e. The topological polar surface area (TPSA) is 49.5 Å². The molecule has 0 aliphatic carbocycles. The maximum atomic E-state index is 9.28. The van der Waals surface area contributed by atoms with Crippen LogP contribution in [-0.4, -0.2) is 24.3 Å². The van der Waals surface area contributed by atoms with Crippen LogP contribution in [0.5, 0.6) is 0 Å². The summed E-state index contributed by atoms with van der Waals surface area (Å²) in [7, 11) is 1.96. The molecule has 0 aromatic heterocycles. The first kappa shape index (κ1) is 11.9. The molecule has 84 valence electrons. The number of hydrogen-bond acceptors (Lipinski definition) is 3. The predicted octanol–water partition coefficient (Wildman–Crippen LogP) is 1.78. The van der Waals surface area contributed by atoms with Crippen LogP contribution in [0.25, 0.3) is 0 Å². The number of nitrogens with zero attached hydrogens (tertiary/aromatic N) is 1. The van der Waals surface area contributed by atoms with E-state index in [1.54, 1.807) is 0 Å². The molecule has 3 nitrogen and oxygen atoms in total. The van der Waals surface area contributed by atoms with Crippen molar-refractivity contribution in [3.8, 4) is 0 Å². The van der Waals surface area contributed by atoms with Gasteiger partial charge in [0.15, 0.2) is 0 Å². The molecule has 0 aliphatic rings. The number of aliphatic hydroxyl groups is 1. The molecule has 1 rings (SSSR count). The molecule has 3 heteroatoms. The van der Waals surface area contributed by atoms with Gasteiger partial charge in [-0.1, -0.05) is 6.07 Å². The SMILES string of the molecule is Cc1ccc(N(C)C(C)(C)CO)cc1N. The van der Waals surface area contributed by atoms with Crippen LogP contribution in [0.1, 0.15) is 19.4 Å². The fourth-order valence-electron chi connectivity index (χ4n) is 1.29. The van der Waals surface area contributed by atoms with E-state index in [1.165, 1.54) is 0 Å². The first-order valence-electron chi connectivity index (χ1n) is 5.09. The Kier molecular flexibility index (Phi) is 3.25. The molecule has 0 fully saturated rings. The zero-order valence-electron chi connectivity index (χ0n) is 9.91. The number of aliphatic hydroxyl groups excluding tert-OH is 1. The largest absolute Gasteiger partial charge is 0.398 e. The van der Waals surface area contributed by atoms with E-state index in [2.05, 4.69) is 0 Å². The lowest BCUT2D eigenvalue weighted by Crippen LogP contribution is -2.44. The lowest BCUT2D eigenvalue weighted by atomic mass is 10.0. The van der Waals surface area contributed by atoms with Crippen LogP contribution in [0.2, 0.25) is 0 Å². The van der Waals surface area contributed by atoms with Gasteiger partial charge >= 0.3 is 0 Å². The molecule has 3 N–H and O–H groups in total. The highest BCUT2D eigenvalue weighted by molar-refractivity contribution is 5.60. The number of rotatable bonds is 3. The van der Waals surface area contributed by atoms with Gasteiger partial charge in [0.25, 0.3) is 0 Å². The number of benzene rings is 1. The summed E-state index contributed by atoms with van der Waals surface area (Å²) in [6.07, 6.45) is 0. The molecule has 0 radical (unpaired) electrons. The van der Waals surface area contributed by atoms with Gasteiger partial charge in [0.2, 0.25) is 0 Å². The van der Waals surface area contributed by atoms with E-state index in [-0.39, 0.29) is 12.1 Å². The van der Waals surface area contributed by atoms with Gasteiger partial charge < -0.3 is 15.7 Å². The van der Waals surface area contributed by atoms with Gasteiger partial charge in [0, 0.05) is 18.4 Å².